The van der Waals surface area contributed by atoms with Crippen LogP contribution in [0.15, 0.2) is 33.5 Å². The summed E-state index contributed by atoms with van der Waals surface area (Å²) in [6.45, 7) is 0.967. The Hall–Kier alpha value is -3.47. The fraction of sp³-hybridized carbons (Fsp3) is 0.350. The maximum absolute atomic E-state index is 15.1. The zero-order valence-electron chi connectivity index (χ0n) is 16.4. The molecule has 0 bridgehead atoms. The molecule has 1 unspecified atom stereocenters. The van der Waals surface area contributed by atoms with Gasteiger partial charge < -0.3 is 19.6 Å². The van der Waals surface area contributed by atoms with Gasteiger partial charge in [0.1, 0.15) is 24.3 Å². The third-order valence-electron chi connectivity index (χ3n) is 5.20. The Balaban J connectivity index is 1.66. The second-order valence-corrected chi connectivity index (χ2v) is 7.23. The van der Waals surface area contributed by atoms with Crippen LogP contribution in [0.2, 0.25) is 0 Å². The maximum atomic E-state index is 15.1. The first-order valence-electron chi connectivity index (χ1n) is 9.51. The largest absolute Gasteiger partial charge is 0.442 e. The van der Waals surface area contributed by atoms with Gasteiger partial charge in [0.05, 0.1) is 30.4 Å². The van der Waals surface area contributed by atoms with E-state index in [1.165, 1.54) is 17.6 Å². The van der Waals surface area contributed by atoms with Crippen LogP contribution in [0, 0.1) is 11.6 Å². The number of carbonyl (C=O) groups excluding carboxylic acids is 2. The van der Waals surface area contributed by atoms with Crippen LogP contribution in [0.4, 0.5) is 19.3 Å². The lowest BCUT2D eigenvalue weighted by Crippen LogP contribution is -2.33. The number of rotatable bonds is 5. The monoisotopic (exact) mass is 435 g/mol. The Labute approximate surface area is 174 Å². The molecule has 1 fully saturated rings. The van der Waals surface area contributed by atoms with Crippen molar-refractivity contribution in [1.29, 1.82) is 0 Å². The average molecular weight is 435 g/mol. The van der Waals surface area contributed by atoms with Crippen molar-refractivity contribution < 1.29 is 32.6 Å². The van der Waals surface area contributed by atoms with E-state index in [1.54, 1.807) is 6.08 Å². The molecule has 2 amide bonds. The predicted octanol–water partition coefficient (Wildman–Crippen LogP) is 1.37. The number of carbonyl (C=O) groups is 2. The standard InChI is InChI=1S/C20H19F2N3O6/c1-10(27)23-7-12-8-25(20(29)30-12)11-5-14(21)17(15(22)6-11)13-3-2-4-24-18(13)16(9-26)31-19(24)28/h2-3,5-6,12-13,26H,4,7-9H2,1H3,(H,23,27)/t12-,13?/m0/s1. The van der Waals surface area contributed by atoms with E-state index in [9.17, 15) is 19.5 Å². The minimum absolute atomic E-state index is 0.0105. The second-order valence-electron chi connectivity index (χ2n) is 7.23. The molecular formula is C20H19F2N3O6. The molecule has 2 aliphatic heterocycles. The van der Waals surface area contributed by atoms with E-state index >= 15 is 8.78 Å². The van der Waals surface area contributed by atoms with E-state index in [2.05, 4.69) is 5.32 Å². The molecule has 4 rings (SSSR count). The fourth-order valence-corrected chi connectivity index (χ4v) is 3.84. The van der Waals surface area contributed by atoms with Crippen molar-refractivity contribution in [2.75, 3.05) is 18.0 Å². The highest BCUT2D eigenvalue weighted by Gasteiger charge is 2.35. The molecule has 2 atom stereocenters. The van der Waals surface area contributed by atoms with Gasteiger partial charge in [0.2, 0.25) is 5.91 Å². The number of nitrogens with one attached hydrogen (secondary N) is 1. The first-order valence-corrected chi connectivity index (χ1v) is 9.51. The molecule has 2 N–H and O–H groups in total. The Morgan fingerprint density at radius 2 is 2.00 bits per heavy atom. The number of cyclic esters (lactones) is 1. The molecule has 0 saturated carbocycles. The van der Waals surface area contributed by atoms with Crippen LogP contribution < -0.4 is 16.0 Å². The number of hydrogen-bond donors (Lipinski definition) is 2. The number of anilines is 1. The highest BCUT2D eigenvalue weighted by molar-refractivity contribution is 5.90. The summed E-state index contributed by atoms with van der Waals surface area (Å²) >= 11 is 0. The molecule has 2 aliphatic rings. The number of aromatic nitrogens is 1. The Bertz CT molecular complexity index is 1120. The molecule has 0 spiro atoms. The summed E-state index contributed by atoms with van der Waals surface area (Å²) in [5.74, 6) is -3.95. The number of benzene rings is 1. The van der Waals surface area contributed by atoms with Crippen LogP contribution in [0.25, 0.3) is 0 Å². The molecule has 11 heteroatoms. The lowest BCUT2D eigenvalue weighted by Gasteiger charge is -2.22. The smallest absolute Gasteiger partial charge is 0.419 e. The van der Waals surface area contributed by atoms with Gasteiger partial charge in [0.25, 0.3) is 0 Å². The van der Waals surface area contributed by atoms with Crippen LogP contribution in [0.3, 0.4) is 0 Å². The van der Waals surface area contributed by atoms with Crippen molar-refractivity contribution in [1.82, 2.24) is 9.88 Å². The summed E-state index contributed by atoms with van der Waals surface area (Å²) < 4.78 is 41.5. The molecule has 2 aromatic rings. The van der Waals surface area contributed by atoms with Crippen molar-refractivity contribution in [3.63, 3.8) is 0 Å². The SMILES string of the molecule is CC(=O)NC[C@H]1CN(c2cc(F)c(C3C=CCn4c3c(CO)oc4=O)c(F)c2)C(=O)O1. The van der Waals surface area contributed by atoms with Gasteiger partial charge in [0, 0.05) is 19.0 Å². The van der Waals surface area contributed by atoms with Gasteiger partial charge in [-0.2, -0.15) is 0 Å². The molecule has 9 nitrogen and oxygen atoms in total. The minimum atomic E-state index is -0.991. The van der Waals surface area contributed by atoms with Gasteiger partial charge in [-0.3, -0.25) is 14.3 Å². The zero-order chi connectivity index (χ0) is 22.3. The number of amides is 2. The van der Waals surface area contributed by atoms with Crippen LogP contribution in [0.5, 0.6) is 0 Å². The van der Waals surface area contributed by atoms with Crippen molar-refractivity contribution in [2.45, 2.75) is 32.1 Å². The molecule has 3 heterocycles. The number of nitrogens with zero attached hydrogens (tertiary/aromatic N) is 2. The fourth-order valence-electron chi connectivity index (χ4n) is 3.84. The molecule has 1 saturated heterocycles. The minimum Gasteiger partial charge on any atom is -0.442 e. The highest BCUT2D eigenvalue weighted by Crippen LogP contribution is 2.36. The molecule has 1 aromatic carbocycles. The normalized spacial score (nSPS) is 20.0. The van der Waals surface area contributed by atoms with E-state index in [1.807, 2.05) is 0 Å². The lowest BCUT2D eigenvalue weighted by molar-refractivity contribution is -0.119. The lowest BCUT2D eigenvalue weighted by atomic mass is 9.91. The summed E-state index contributed by atoms with van der Waals surface area (Å²) in [6, 6.07) is 2.01. The molecule has 164 valence electrons. The number of hydrogen-bond acceptors (Lipinski definition) is 6. The van der Waals surface area contributed by atoms with Gasteiger partial charge in [0.15, 0.2) is 5.76 Å². The third-order valence-corrected chi connectivity index (χ3v) is 5.20. The first kappa shape index (κ1) is 20.8. The highest BCUT2D eigenvalue weighted by atomic mass is 19.1. The summed E-state index contributed by atoms with van der Waals surface area (Å²) in [6.07, 6.45) is 1.66. The molecule has 31 heavy (non-hydrogen) atoms. The summed E-state index contributed by atoms with van der Waals surface area (Å²) in [5, 5.41) is 12.0. The van der Waals surface area contributed by atoms with Crippen LogP contribution in [-0.2, 0) is 22.7 Å². The maximum Gasteiger partial charge on any atom is 0.419 e. The number of aliphatic hydroxyl groups excluding tert-OH is 1. The van der Waals surface area contributed by atoms with E-state index in [-0.39, 0.29) is 48.2 Å². The third kappa shape index (κ3) is 3.72. The van der Waals surface area contributed by atoms with Crippen molar-refractivity contribution in [3.05, 3.63) is 63.5 Å². The Morgan fingerprint density at radius 3 is 2.65 bits per heavy atom. The van der Waals surface area contributed by atoms with E-state index in [0.29, 0.717) is 0 Å². The first-order chi connectivity index (χ1) is 14.8. The second kappa shape index (κ2) is 7.99. The average Bonchev–Trinajstić information content (AvgIpc) is 3.26. The number of fused-ring (bicyclic) bond motifs is 1. The quantitative estimate of drug-likeness (QED) is 0.686. The van der Waals surface area contributed by atoms with Crippen molar-refractivity contribution in [2.24, 2.45) is 0 Å². The van der Waals surface area contributed by atoms with Crippen LogP contribution in [0.1, 0.15) is 29.9 Å². The van der Waals surface area contributed by atoms with Gasteiger partial charge in [-0.25, -0.2) is 18.4 Å². The van der Waals surface area contributed by atoms with Crippen LogP contribution >= 0.6 is 0 Å². The van der Waals surface area contributed by atoms with Crippen molar-refractivity contribution in [3.8, 4) is 0 Å². The van der Waals surface area contributed by atoms with Gasteiger partial charge >= 0.3 is 11.8 Å². The number of halogens is 2. The van der Waals surface area contributed by atoms with E-state index in [0.717, 1.165) is 17.0 Å². The number of allylic oxidation sites excluding steroid dienone is 2. The summed E-state index contributed by atoms with van der Waals surface area (Å²) in [4.78, 5) is 36.2. The Kier molecular flexibility index (Phi) is 5.36. The molecule has 0 radical (unpaired) electrons. The number of oxazole rings is 1. The summed E-state index contributed by atoms with van der Waals surface area (Å²) in [5.41, 5.74) is -0.205. The summed E-state index contributed by atoms with van der Waals surface area (Å²) in [7, 11) is 0. The Morgan fingerprint density at radius 1 is 1.29 bits per heavy atom. The number of aliphatic hydroxyl groups is 1. The van der Waals surface area contributed by atoms with E-state index in [4.69, 9.17) is 9.15 Å². The van der Waals surface area contributed by atoms with Crippen molar-refractivity contribution >= 4 is 17.7 Å². The molecule has 0 aliphatic carbocycles. The van der Waals surface area contributed by atoms with Gasteiger partial charge in [-0.05, 0) is 12.1 Å². The van der Waals surface area contributed by atoms with Crippen LogP contribution in [-0.4, -0.2) is 40.9 Å². The van der Waals surface area contributed by atoms with Gasteiger partial charge in [-0.15, -0.1) is 0 Å². The van der Waals surface area contributed by atoms with E-state index < -0.39 is 42.1 Å². The van der Waals surface area contributed by atoms with Gasteiger partial charge in [-0.1, -0.05) is 12.2 Å². The number of ether oxygens (including phenoxy) is 1. The predicted molar refractivity (Wildman–Crippen MR) is 103 cm³/mol. The molecule has 1 aromatic heterocycles. The topological polar surface area (TPSA) is 114 Å². The zero-order valence-corrected chi connectivity index (χ0v) is 16.4. The molecular weight excluding hydrogens is 416 g/mol.